The van der Waals surface area contributed by atoms with Gasteiger partial charge in [0.2, 0.25) is 0 Å². The first-order valence-electron chi connectivity index (χ1n) is 5.93. The summed E-state index contributed by atoms with van der Waals surface area (Å²) in [6, 6.07) is 5.77. The maximum absolute atomic E-state index is 11.6. The van der Waals surface area contributed by atoms with Crippen LogP contribution >= 0.6 is 0 Å². The summed E-state index contributed by atoms with van der Waals surface area (Å²) in [5.41, 5.74) is 0.0716. The Hall–Kier alpha value is -2.11. The number of nitrogens with zero attached hydrogens (tertiary/aromatic N) is 1. The quantitative estimate of drug-likeness (QED) is 0.673. The topological polar surface area (TPSA) is 81.5 Å². The van der Waals surface area contributed by atoms with Crippen LogP contribution in [0.4, 0.5) is 10.5 Å². The highest BCUT2D eigenvalue weighted by Gasteiger charge is 2.19. The zero-order valence-corrected chi connectivity index (χ0v) is 11.5. The molecule has 1 atom stereocenters. The molecular weight excluding hydrogens is 248 g/mol. The van der Waals surface area contributed by atoms with Crippen molar-refractivity contribution in [2.24, 2.45) is 0 Å². The Morgan fingerprint density at radius 1 is 1.42 bits per heavy atom. The highest BCUT2D eigenvalue weighted by atomic mass is 16.6. The molecule has 104 valence electrons. The van der Waals surface area contributed by atoms with E-state index in [2.05, 4.69) is 5.32 Å². The van der Waals surface area contributed by atoms with Crippen LogP contribution in [-0.2, 0) is 4.74 Å². The summed E-state index contributed by atoms with van der Waals surface area (Å²) in [5, 5.41) is 13.3. The van der Waals surface area contributed by atoms with Crippen LogP contribution < -0.4 is 5.32 Å². The summed E-state index contributed by atoms with van der Waals surface area (Å²) in [7, 11) is 0. The van der Waals surface area contributed by atoms with Crippen LogP contribution in [0.15, 0.2) is 24.3 Å². The van der Waals surface area contributed by atoms with E-state index in [0.29, 0.717) is 5.56 Å². The fourth-order valence-electron chi connectivity index (χ4n) is 1.48. The Balaban J connectivity index is 2.73. The molecule has 6 nitrogen and oxygen atoms in total. The van der Waals surface area contributed by atoms with Crippen LogP contribution in [-0.4, -0.2) is 16.6 Å². The van der Waals surface area contributed by atoms with Crippen molar-refractivity contribution >= 4 is 11.8 Å². The van der Waals surface area contributed by atoms with Crippen molar-refractivity contribution in [3.8, 4) is 0 Å². The van der Waals surface area contributed by atoms with Crippen LogP contribution in [0, 0.1) is 10.1 Å². The van der Waals surface area contributed by atoms with E-state index >= 15 is 0 Å². The second-order valence-corrected chi connectivity index (χ2v) is 5.22. The third-order valence-corrected chi connectivity index (χ3v) is 2.31. The van der Waals surface area contributed by atoms with E-state index in [-0.39, 0.29) is 11.7 Å². The van der Waals surface area contributed by atoms with Gasteiger partial charge in [-0.25, -0.2) is 4.79 Å². The maximum Gasteiger partial charge on any atom is 0.408 e. The van der Waals surface area contributed by atoms with Crippen LogP contribution in [0.3, 0.4) is 0 Å². The predicted molar refractivity (Wildman–Crippen MR) is 70.9 cm³/mol. The standard InChI is InChI=1S/C13H18N2O4/c1-9(14-12(16)19-13(2,3)4)10-6-5-7-11(8-10)15(17)18/h5-9H,1-4H3,(H,14,16). The molecule has 1 rings (SSSR count). The molecule has 19 heavy (non-hydrogen) atoms. The average Bonchev–Trinajstić information content (AvgIpc) is 2.26. The van der Waals surface area contributed by atoms with E-state index in [1.807, 2.05) is 0 Å². The third-order valence-electron chi connectivity index (χ3n) is 2.31. The number of ether oxygens (including phenoxy) is 1. The molecule has 1 aromatic carbocycles. The minimum atomic E-state index is -0.577. The first kappa shape index (κ1) is 14.9. The fourth-order valence-corrected chi connectivity index (χ4v) is 1.48. The van der Waals surface area contributed by atoms with Gasteiger partial charge in [0.1, 0.15) is 5.60 Å². The van der Waals surface area contributed by atoms with E-state index in [1.165, 1.54) is 12.1 Å². The largest absolute Gasteiger partial charge is 0.444 e. The van der Waals surface area contributed by atoms with Gasteiger partial charge in [-0.3, -0.25) is 10.1 Å². The number of non-ortho nitro benzene ring substituents is 1. The average molecular weight is 266 g/mol. The molecule has 6 heteroatoms. The second kappa shape index (κ2) is 5.69. The normalized spacial score (nSPS) is 12.6. The number of rotatable bonds is 3. The van der Waals surface area contributed by atoms with Crippen LogP contribution in [0.1, 0.15) is 39.3 Å². The smallest absolute Gasteiger partial charge is 0.408 e. The van der Waals surface area contributed by atoms with Gasteiger partial charge in [0.05, 0.1) is 11.0 Å². The van der Waals surface area contributed by atoms with E-state index in [9.17, 15) is 14.9 Å². The molecule has 0 aromatic heterocycles. The van der Waals surface area contributed by atoms with Crippen molar-refractivity contribution in [2.45, 2.75) is 39.3 Å². The zero-order valence-electron chi connectivity index (χ0n) is 11.5. The number of carbonyl (C=O) groups is 1. The van der Waals surface area contributed by atoms with E-state index in [0.717, 1.165) is 0 Å². The van der Waals surface area contributed by atoms with Gasteiger partial charge in [-0.1, -0.05) is 12.1 Å². The third kappa shape index (κ3) is 4.95. The Bertz CT molecular complexity index is 480. The summed E-state index contributed by atoms with van der Waals surface area (Å²) in [6.45, 7) is 7.04. The van der Waals surface area contributed by atoms with Crippen molar-refractivity contribution in [3.63, 3.8) is 0 Å². The molecule has 0 heterocycles. The Labute approximate surface area is 111 Å². The van der Waals surface area contributed by atoms with Gasteiger partial charge in [-0.05, 0) is 33.3 Å². The molecular formula is C13H18N2O4. The van der Waals surface area contributed by atoms with Crippen molar-refractivity contribution in [2.75, 3.05) is 0 Å². The Kier molecular flexibility index (Phi) is 4.47. The molecule has 1 unspecified atom stereocenters. The molecule has 1 aromatic rings. The van der Waals surface area contributed by atoms with Crippen LogP contribution in [0.25, 0.3) is 0 Å². The van der Waals surface area contributed by atoms with Crippen molar-refractivity contribution in [1.82, 2.24) is 5.32 Å². The number of nitrogens with one attached hydrogen (secondary N) is 1. The number of nitro benzene ring substituents is 1. The van der Waals surface area contributed by atoms with Gasteiger partial charge < -0.3 is 10.1 Å². The maximum atomic E-state index is 11.6. The monoisotopic (exact) mass is 266 g/mol. The van der Waals surface area contributed by atoms with Gasteiger partial charge in [0.25, 0.3) is 5.69 Å². The van der Waals surface area contributed by atoms with Crippen molar-refractivity contribution in [1.29, 1.82) is 0 Å². The van der Waals surface area contributed by atoms with E-state index in [1.54, 1.807) is 39.8 Å². The second-order valence-electron chi connectivity index (χ2n) is 5.22. The predicted octanol–water partition coefficient (Wildman–Crippen LogP) is 3.18. The molecule has 0 aliphatic heterocycles. The molecule has 0 aliphatic carbocycles. The van der Waals surface area contributed by atoms with Crippen molar-refractivity contribution in [3.05, 3.63) is 39.9 Å². The Morgan fingerprint density at radius 2 is 2.05 bits per heavy atom. The molecule has 0 aliphatic rings. The molecule has 1 amide bonds. The minimum absolute atomic E-state index is 0.00432. The SMILES string of the molecule is CC(NC(=O)OC(C)(C)C)c1cccc([N+](=O)[O-])c1. The lowest BCUT2D eigenvalue weighted by Gasteiger charge is -2.22. The molecule has 0 radical (unpaired) electrons. The lowest BCUT2D eigenvalue weighted by Crippen LogP contribution is -2.34. The first-order chi connectivity index (χ1) is 8.69. The molecule has 0 saturated heterocycles. The zero-order chi connectivity index (χ0) is 14.6. The number of alkyl carbamates (subject to hydrolysis) is 1. The molecule has 0 spiro atoms. The van der Waals surface area contributed by atoms with Crippen LogP contribution in [0.2, 0.25) is 0 Å². The highest BCUT2D eigenvalue weighted by Crippen LogP contribution is 2.19. The summed E-state index contributed by atoms with van der Waals surface area (Å²) in [5.74, 6) is 0. The number of carbonyl (C=O) groups excluding carboxylic acids is 1. The number of hydrogen-bond acceptors (Lipinski definition) is 4. The van der Waals surface area contributed by atoms with Crippen LogP contribution in [0.5, 0.6) is 0 Å². The summed E-state index contributed by atoms with van der Waals surface area (Å²) in [4.78, 5) is 21.8. The number of hydrogen-bond donors (Lipinski definition) is 1. The first-order valence-corrected chi connectivity index (χ1v) is 5.93. The highest BCUT2D eigenvalue weighted by molar-refractivity contribution is 5.68. The fraction of sp³-hybridized carbons (Fsp3) is 0.462. The van der Waals surface area contributed by atoms with Gasteiger partial charge in [-0.15, -0.1) is 0 Å². The number of amides is 1. The Morgan fingerprint density at radius 3 is 2.58 bits per heavy atom. The minimum Gasteiger partial charge on any atom is -0.444 e. The molecule has 0 bridgehead atoms. The van der Waals surface area contributed by atoms with Crippen molar-refractivity contribution < 1.29 is 14.5 Å². The lowest BCUT2D eigenvalue weighted by molar-refractivity contribution is -0.384. The van der Waals surface area contributed by atoms with Gasteiger partial charge in [0, 0.05) is 12.1 Å². The summed E-state index contributed by atoms with van der Waals surface area (Å²) < 4.78 is 5.12. The summed E-state index contributed by atoms with van der Waals surface area (Å²) in [6.07, 6.45) is -0.550. The number of benzene rings is 1. The van der Waals surface area contributed by atoms with E-state index < -0.39 is 16.6 Å². The van der Waals surface area contributed by atoms with E-state index in [4.69, 9.17) is 4.74 Å². The number of nitro groups is 1. The van der Waals surface area contributed by atoms with Gasteiger partial charge in [0.15, 0.2) is 0 Å². The molecule has 1 N–H and O–H groups in total. The van der Waals surface area contributed by atoms with Gasteiger partial charge >= 0.3 is 6.09 Å². The molecule has 0 fully saturated rings. The summed E-state index contributed by atoms with van der Waals surface area (Å²) >= 11 is 0. The van der Waals surface area contributed by atoms with Gasteiger partial charge in [-0.2, -0.15) is 0 Å². The molecule has 0 saturated carbocycles. The lowest BCUT2D eigenvalue weighted by atomic mass is 10.1.